The second-order valence-electron chi connectivity index (χ2n) is 5.88. The number of rotatable bonds is 11. The standard InChI is InChI=1S/C20H22N2O6S/c1-3-11-22(12-4-2)19(23)15-28-20(24)16-7-9-18(10-8-16)29(25,26)21-14-17-6-5-13-27-17/h3-10,13,21H,1-2,11-12,14-15H2. The summed E-state index contributed by atoms with van der Waals surface area (Å²) in [6.07, 6.45) is 4.56. The molecule has 0 fully saturated rings. The summed E-state index contributed by atoms with van der Waals surface area (Å²) in [5.74, 6) is -0.650. The lowest BCUT2D eigenvalue weighted by molar-refractivity contribution is -0.133. The largest absolute Gasteiger partial charge is 0.468 e. The number of benzene rings is 1. The van der Waals surface area contributed by atoms with Gasteiger partial charge in [0.1, 0.15) is 5.76 Å². The first kappa shape index (κ1) is 22.1. The molecule has 0 aliphatic rings. The number of nitrogens with one attached hydrogen (secondary N) is 1. The fraction of sp³-hybridized carbons (Fsp3) is 0.200. The zero-order valence-electron chi connectivity index (χ0n) is 15.7. The van der Waals surface area contributed by atoms with Crippen molar-refractivity contribution in [2.24, 2.45) is 0 Å². The molecule has 1 aromatic carbocycles. The minimum atomic E-state index is -3.77. The van der Waals surface area contributed by atoms with E-state index in [1.165, 1.54) is 35.4 Å². The van der Waals surface area contributed by atoms with Crippen molar-refractivity contribution in [1.29, 1.82) is 0 Å². The Morgan fingerprint density at radius 2 is 1.76 bits per heavy atom. The maximum atomic E-state index is 12.3. The van der Waals surface area contributed by atoms with Gasteiger partial charge in [-0.1, -0.05) is 12.2 Å². The van der Waals surface area contributed by atoms with Gasteiger partial charge in [-0.15, -0.1) is 13.2 Å². The third kappa shape index (κ3) is 6.44. The number of amides is 1. The molecule has 1 N–H and O–H groups in total. The van der Waals surface area contributed by atoms with Crippen LogP contribution in [0, 0.1) is 0 Å². The van der Waals surface area contributed by atoms with Gasteiger partial charge in [0.2, 0.25) is 10.0 Å². The van der Waals surface area contributed by atoms with Crippen molar-refractivity contribution >= 4 is 21.9 Å². The van der Waals surface area contributed by atoms with Gasteiger partial charge in [-0.3, -0.25) is 4.79 Å². The van der Waals surface area contributed by atoms with Crippen LogP contribution < -0.4 is 4.72 Å². The minimum Gasteiger partial charge on any atom is -0.468 e. The van der Waals surface area contributed by atoms with Crippen LogP contribution in [0.15, 0.2) is 77.3 Å². The molecule has 0 unspecified atom stereocenters. The molecular formula is C20H22N2O6S. The van der Waals surface area contributed by atoms with Gasteiger partial charge in [-0.25, -0.2) is 17.9 Å². The van der Waals surface area contributed by atoms with E-state index in [4.69, 9.17) is 9.15 Å². The molecule has 0 spiro atoms. The molecule has 0 bridgehead atoms. The highest BCUT2D eigenvalue weighted by Crippen LogP contribution is 2.12. The topological polar surface area (TPSA) is 106 Å². The molecule has 0 aliphatic carbocycles. The molecule has 0 saturated carbocycles. The molecule has 1 aromatic heterocycles. The maximum absolute atomic E-state index is 12.3. The van der Waals surface area contributed by atoms with Crippen molar-refractivity contribution in [2.45, 2.75) is 11.4 Å². The Morgan fingerprint density at radius 1 is 1.10 bits per heavy atom. The Labute approximate surface area is 169 Å². The summed E-state index contributed by atoms with van der Waals surface area (Å²) in [6, 6.07) is 8.51. The minimum absolute atomic E-state index is 0.00710. The third-order valence-corrected chi connectivity index (χ3v) is 5.21. The quantitative estimate of drug-likeness (QED) is 0.443. The number of hydrogen-bond donors (Lipinski definition) is 1. The van der Waals surface area contributed by atoms with E-state index >= 15 is 0 Å². The smallest absolute Gasteiger partial charge is 0.338 e. The summed E-state index contributed by atoms with van der Waals surface area (Å²) in [6.45, 7) is 7.32. The van der Waals surface area contributed by atoms with Crippen molar-refractivity contribution in [1.82, 2.24) is 9.62 Å². The predicted octanol–water partition coefficient (Wildman–Crippen LogP) is 2.12. The van der Waals surface area contributed by atoms with Crippen LogP contribution in [0.1, 0.15) is 16.1 Å². The van der Waals surface area contributed by atoms with Crippen LogP contribution in [0.5, 0.6) is 0 Å². The van der Waals surface area contributed by atoms with E-state index in [0.717, 1.165) is 0 Å². The Kier molecular flexibility index (Phi) is 7.93. The zero-order valence-corrected chi connectivity index (χ0v) is 16.6. The number of ether oxygens (including phenoxy) is 1. The molecule has 0 atom stereocenters. The Bertz CT molecular complexity index is 939. The number of sulfonamides is 1. The van der Waals surface area contributed by atoms with Crippen molar-refractivity contribution in [3.8, 4) is 0 Å². The highest BCUT2D eigenvalue weighted by molar-refractivity contribution is 7.89. The Balaban J connectivity index is 1.94. The van der Waals surface area contributed by atoms with E-state index in [-0.39, 0.29) is 22.9 Å². The number of nitrogens with zero attached hydrogens (tertiary/aromatic N) is 1. The molecule has 0 aliphatic heterocycles. The summed E-state index contributed by atoms with van der Waals surface area (Å²) in [4.78, 5) is 25.6. The molecule has 2 rings (SSSR count). The van der Waals surface area contributed by atoms with E-state index in [9.17, 15) is 18.0 Å². The molecule has 0 saturated heterocycles. The van der Waals surface area contributed by atoms with E-state index in [2.05, 4.69) is 17.9 Å². The van der Waals surface area contributed by atoms with Gasteiger partial charge in [-0.2, -0.15) is 0 Å². The van der Waals surface area contributed by atoms with Gasteiger partial charge in [0.25, 0.3) is 5.91 Å². The van der Waals surface area contributed by atoms with Crippen LogP contribution in [0.25, 0.3) is 0 Å². The summed E-state index contributed by atoms with van der Waals surface area (Å²) >= 11 is 0. The monoisotopic (exact) mass is 418 g/mol. The first-order chi connectivity index (χ1) is 13.9. The van der Waals surface area contributed by atoms with Crippen molar-refractivity contribution in [3.63, 3.8) is 0 Å². The van der Waals surface area contributed by atoms with Crippen LogP contribution in [-0.2, 0) is 26.1 Å². The van der Waals surface area contributed by atoms with Crippen LogP contribution in [0.3, 0.4) is 0 Å². The predicted molar refractivity (Wildman–Crippen MR) is 106 cm³/mol. The molecule has 2 aromatic rings. The van der Waals surface area contributed by atoms with Crippen molar-refractivity contribution in [2.75, 3.05) is 19.7 Å². The van der Waals surface area contributed by atoms with Gasteiger partial charge >= 0.3 is 5.97 Å². The van der Waals surface area contributed by atoms with Gasteiger partial charge in [0.15, 0.2) is 6.61 Å². The van der Waals surface area contributed by atoms with Crippen LogP contribution in [0.4, 0.5) is 0 Å². The SMILES string of the molecule is C=CCN(CC=C)C(=O)COC(=O)c1ccc(S(=O)(=O)NCc2ccco2)cc1. The van der Waals surface area contributed by atoms with Crippen molar-refractivity contribution < 1.29 is 27.2 Å². The van der Waals surface area contributed by atoms with E-state index < -0.39 is 22.6 Å². The van der Waals surface area contributed by atoms with Crippen LogP contribution >= 0.6 is 0 Å². The fourth-order valence-electron chi connectivity index (χ4n) is 2.32. The lowest BCUT2D eigenvalue weighted by atomic mass is 10.2. The second-order valence-corrected chi connectivity index (χ2v) is 7.65. The summed E-state index contributed by atoms with van der Waals surface area (Å²) in [5, 5.41) is 0. The second kappa shape index (κ2) is 10.4. The summed E-state index contributed by atoms with van der Waals surface area (Å²) in [7, 11) is -3.77. The molecular weight excluding hydrogens is 396 g/mol. The molecule has 154 valence electrons. The molecule has 1 amide bonds. The molecule has 0 radical (unpaired) electrons. The lowest BCUT2D eigenvalue weighted by Crippen LogP contribution is -2.35. The zero-order chi connectivity index (χ0) is 21.3. The first-order valence-corrected chi connectivity index (χ1v) is 10.1. The van der Waals surface area contributed by atoms with E-state index in [1.807, 2.05) is 0 Å². The lowest BCUT2D eigenvalue weighted by Gasteiger charge is -2.18. The maximum Gasteiger partial charge on any atom is 0.338 e. The van der Waals surface area contributed by atoms with E-state index in [0.29, 0.717) is 18.8 Å². The van der Waals surface area contributed by atoms with Gasteiger partial charge in [0, 0.05) is 13.1 Å². The number of hydrogen-bond acceptors (Lipinski definition) is 6. The normalized spacial score (nSPS) is 10.9. The van der Waals surface area contributed by atoms with Gasteiger partial charge in [-0.05, 0) is 36.4 Å². The van der Waals surface area contributed by atoms with Crippen molar-refractivity contribution in [3.05, 3.63) is 79.3 Å². The first-order valence-electron chi connectivity index (χ1n) is 8.66. The number of carbonyl (C=O) groups excluding carboxylic acids is 2. The van der Waals surface area contributed by atoms with Gasteiger partial charge < -0.3 is 14.1 Å². The average molecular weight is 418 g/mol. The highest BCUT2D eigenvalue weighted by Gasteiger charge is 2.17. The van der Waals surface area contributed by atoms with Crippen LogP contribution in [0.2, 0.25) is 0 Å². The summed E-state index contributed by atoms with van der Waals surface area (Å²) in [5.41, 5.74) is 0.127. The van der Waals surface area contributed by atoms with E-state index in [1.54, 1.807) is 24.3 Å². The Morgan fingerprint density at radius 3 is 2.31 bits per heavy atom. The molecule has 1 heterocycles. The number of esters is 1. The highest BCUT2D eigenvalue weighted by atomic mass is 32.2. The Hall–Kier alpha value is -3.17. The molecule has 9 heteroatoms. The van der Waals surface area contributed by atoms with Crippen LogP contribution in [-0.4, -0.2) is 44.9 Å². The third-order valence-electron chi connectivity index (χ3n) is 3.80. The van der Waals surface area contributed by atoms with Gasteiger partial charge in [0.05, 0.1) is 23.3 Å². The number of furan rings is 1. The fourth-order valence-corrected chi connectivity index (χ4v) is 3.32. The average Bonchev–Trinajstić information content (AvgIpc) is 3.24. The summed E-state index contributed by atoms with van der Waals surface area (Å²) < 4.78 is 37.1. The molecule has 29 heavy (non-hydrogen) atoms. The number of carbonyl (C=O) groups is 2. The molecule has 8 nitrogen and oxygen atoms in total.